The van der Waals surface area contributed by atoms with Crippen molar-refractivity contribution in [2.45, 2.75) is 13.3 Å². The molecule has 2 aromatic carbocycles. The van der Waals surface area contributed by atoms with E-state index < -0.39 is 5.97 Å². The van der Waals surface area contributed by atoms with Gasteiger partial charge in [0, 0.05) is 35.8 Å². The second kappa shape index (κ2) is 11.1. The van der Waals surface area contributed by atoms with E-state index in [4.69, 9.17) is 21.4 Å². The summed E-state index contributed by atoms with van der Waals surface area (Å²) in [5.74, 6) is -0.840. The van der Waals surface area contributed by atoms with Crippen molar-refractivity contribution in [2.75, 3.05) is 26.2 Å². The minimum absolute atomic E-state index is 0. The van der Waals surface area contributed by atoms with Gasteiger partial charge in [-0.25, -0.2) is 4.79 Å². The van der Waals surface area contributed by atoms with Gasteiger partial charge in [-0.05, 0) is 42.2 Å². The van der Waals surface area contributed by atoms with Gasteiger partial charge in [-0.1, -0.05) is 54.1 Å². The lowest BCUT2D eigenvalue weighted by Crippen LogP contribution is -2.34. The fraction of sp³-hybridized carbons (Fsp3) is 0.261. The molecule has 0 atom stereocenters. The first-order valence-electron chi connectivity index (χ1n) is 9.33. The number of hydrogen-bond acceptors (Lipinski definition) is 3. The summed E-state index contributed by atoms with van der Waals surface area (Å²) in [6, 6.07) is 15.9. The Bertz CT molecular complexity index is 909. The van der Waals surface area contributed by atoms with Gasteiger partial charge in [-0.2, -0.15) is 0 Å². The summed E-state index contributed by atoms with van der Waals surface area (Å²) in [5.41, 5.74) is 4.69. The van der Waals surface area contributed by atoms with Crippen LogP contribution in [0.25, 0.3) is 5.57 Å². The quantitative estimate of drug-likeness (QED) is 0.481. The number of rotatable bonds is 7. The SMILES string of the molecule is Cc1ccccc1C(=COCCN1CCC=C(C(=O)O)C1)c1cccc(Cl)c1.Cl. The normalized spacial score (nSPS) is 14.7. The molecule has 0 bridgehead atoms. The van der Waals surface area contributed by atoms with Crippen molar-refractivity contribution in [1.82, 2.24) is 4.90 Å². The van der Waals surface area contributed by atoms with Crippen molar-refractivity contribution in [2.24, 2.45) is 0 Å². The second-order valence-electron chi connectivity index (χ2n) is 6.83. The molecule has 1 aliphatic rings. The van der Waals surface area contributed by atoms with E-state index in [0.717, 1.165) is 35.2 Å². The molecule has 0 aliphatic carbocycles. The lowest BCUT2D eigenvalue weighted by Gasteiger charge is -2.25. The van der Waals surface area contributed by atoms with Crippen LogP contribution >= 0.6 is 24.0 Å². The molecule has 0 fully saturated rings. The lowest BCUT2D eigenvalue weighted by atomic mass is 9.95. The summed E-state index contributed by atoms with van der Waals surface area (Å²) in [4.78, 5) is 13.2. The first-order valence-corrected chi connectivity index (χ1v) is 9.71. The molecule has 6 heteroatoms. The number of carboxylic acid groups (broad SMARTS) is 1. The number of aryl methyl sites for hydroxylation is 1. The third kappa shape index (κ3) is 6.36. The Morgan fingerprint density at radius 1 is 1.24 bits per heavy atom. The van der Waals surface area contributed by atoms with Gasteiger partial charge in [0.2, 0.25) is 0 Å². The minimum atomic E-state index is -0.840. The summed E-state index contributed by atoms with van der Waals surface area (Å²) < 4.78 is 5.88. The van der Waals surface area contributed by atoms with Gasteiger partial charge in [0.25, 0.3) is 0 Å². The van der Waals surface area contributed by atoms with Crippen LogP contribution in [-0.4, -0.2) is 42.2 Å². The van der Waals surface area contributed by atoms with E-state index in [1.165, 1.54) is 0 Å². The highest BCUT2D eigenvalue weighted by molar-refractivity contribution is 6.30. The molecular weight excluding hydrogens is 409 g/mol. The highest BCUT2D eigenvalue weighted by Gasteiger charge is 2.17. The number of halogens is 2. The van der Waals surface area contributed by atoms with Gasteiger partial charge < -0.3 is 9.84 Å². The maximum Gasteiger partial charge on any atom is 0.332 e. The van der Waals surface area contributed by atoms with Crippen molar-refractivity contribution in [1.29, 1.82) is 0 Å². The Hall–Kier alpha value is -2.27. The number of benzene rings is 2. The summed E-state index contributed by atoms with van der Waals surface area (Å²) in [6.07, 6.45) is 4.34. The van der Waals surface area contributed by atoms with Crippen LogP contribution in [0, 0.1) is 6.92 Å². The molecule has 3 rings (SSSR count). The number of carboxylic acids is 1. The first-order chi connectivity index (χ1) is 13.5. The van der Waals surface area contributed by atoms with E-state index in [9.17, 15) is 4.79 Å². The molecule has 4 nitrogen and oxygen atoms in total. The average Bonchev–Trinajstić information content (AvgIpc) is 2.69. The van der Waals surface area contributed by atoms with Gasteiger partial charge in [0.15, 0.2) is 0 Å². The zero-order chi connectivity index (χ0) is 19.9. The Kier molecular flexibility index (Phi) is 8.77. The summed E-state index contributed by atoms with van der Waals surface area (Å²) >= 11 is 6.19. The molecule has 1 heterocycles. The molecular formula is C23H25Cl2NO3. The maximum absolute atomic E-state index is 11.1. The van der Waals surface area contributed by atoms with Crippen LogP contribution in [0.2, 0.25) is 5.02 Å². The highest BCUT2D eigenvalue weighted by atomic mass is 35.5. The highest BCUT2D eigenvalue weighted by Crippen LogP contribution is 2.28. The largest absolute Gasteiger partial charge is 0.499 e. The van der Waals surface area contributed by atoms with Gasteiger partial charge in [-0.15, -0.1) is 12.4 Å². The predicted octanol–water partition coefficient (Wildman–Crippen LogP) is 5.19. The van der Waals surface area contributed by atoms with E-state index in [2.05, 4.69) is 24.0 Å². The zero-order valence-electron chi connectivity index (χ0n) is 16.3. The monoisotopic (exact) mass is 433 g/mol. The van der Waals surface area contributed by atoms with Crippen LogP contribution in [-0.2, 0) is 9.53 Å². The molecule has 154 valence electrons. The standard InChI is InChI=1S/C23H24ClNO3.ClH/c1-17-6-2-3-10-21(17)22(18-7-4-9-20(24)14-18)16-28-13-12-25-11-5-8-19(15-25)23(26)27;/h2-4,6-10,14,16H,5,11-13,15H2,1H3,(H,26,27);1H. The third-order valence-electron chi connectivity index (χ3n) is 4.80. The fourth-order valence-corrected chi connectivity index (χ4v) is 3.48. The predicted molar refractivity (Wildman–Crippen MR) is 120 cm³/mol. The minimum Gasteiger partial charge on any atom is -0.499 e. The molecule has 0 unspecified atom stereocenters. The van der Waals surface area contributed by atoms with Gasteiger partial charge in [-0.3, -0.25) is 4.90 Å². The molecule has 2 aromatic rings. The Labute approximate surface area is 182 Å². The van der Waals surface area contributed by atoms with Crippen molar-refractivity contribution < 1.29 is 14.6 Å². The summed E-state index contributed by atoms with van der Waals surface area (Å²) in [6.45, 7) is 4.55. The molecule has 0 spiro atoms. The van der Waals surface area contributed by atoms with Crippen LogP contribution in [0.15, 0.2) is 66.4 Å². The maximum atomic E-state index is 11.1. The number of aliphatic carboxylic acids is 1. The van der Waals surface area contributed by atoms with E-state index in [1.807, 2.05) is 36.4 Å². The van der Waals surface area contributed by atoms with E-state index in [-0.39, 0.29) is 12.4 Å². The topological polar surface area (TPSA) is 49.8 Å². The number of carbonyl (C=O) groups is 1. The average molecular weight is 434 g/mol. The fourth-order valence-electron chi connectivity index (χ4n) is 3.29. The van der Waals surface area contributed by atoms with Gasteiger partial charge in [0.05, 0.1) is 6.26 Å². The first kappa shape index (κ1) is 23.0. The van der Waals surface area contributed by atoms with Crippen LogP contribution in [0.1, 0.15) is 23.1 Å². The molecule has 0 aromatic heterocycles. The Morgan fingerprint density at radius 3 is 2.76 bits per heavy atom. The van der Waals surface area contributed by atoms with Gasteiger partial charge >= 0.3 is 5.97 Å². The van der Waals surface area contributed by atoms with E-state index >= 15 is 0 Å². The molecule has 0 saturated carbocycles. The van der Waals surface area contributed by atoms with Crippen LogP contribution in [0.3, 0.4) is 0 Å². The second-order valence-corrected chi connectivity index (χ2v) is 7.26. The van der Waals surface area contributed by atoms with Gasteiger partial charge in [0.1, 0.15) is 6.61 Å². The summed E-state index contributed by atoms with van der Waals surface area (Å²) in [7, 11) is 0. The van der Waals surface area contributed by atoms with E-state index in [0.29, 0.717) is 30.3 Å². The molecule has 0 amide bonds. The van der Waals surface area contributed by atoms with Crippen LogP contribution in [0.5, 0.6) is 0 Å². The number of ether oxygens (including phenoxy) is 1. The third-order valence-corrected chi connectivity index (χ3v) is 5.04. The number of nitrogens with zero attached hydrogens (tertiary/aromatic N) is 1. The molecule has 1 N–H and O–H groups in total. The number of hydrogen-bond donors (Lipinski definition) is 1. The van der Waals surface area contributed by atoms with Crippen LogP contribution < -0.4 is 0 Å². The van der Waals surface area contributed by atoms with Crippen molar-refractivity contribution in [3.05, 3.63) is 88.2 Å². The molecule has 0 saturated heterocycles. The Morgan fingerprint density at radius 2 is 2.03 bits per heavy atom. The molecule has 0 radical (unpaired) electrons. The lowest BCUT2D eigenvalue weighted by molar-refractivity contribution is -0.133. The van der Waals surface area contributed by atoms with Crippen LogP contribution in [0.4, 0.5) is 0 Å². The smallest absolute Gasteiger partial charge is 0.332 e. The van der Waals surface area contributed by atoms with Crippen molar-refractivity contribution in [3.63, 3.8) is 0 Å². The molecule has 1 aliphatic heterocycles. The zero-order valence-corrected chi connectivity index (χ0v) is 17.9. The molecule has 29 heavy (non-hydrogen) atoms. The van der Waals surface area contributed by atoms with Crippen molar-refractivity contribution in [3.8, 4) is 0 Å². The van der Waals surface area contributed by atoms with Crippen molar-refractivity contribution >= 4 is 35.6 Å². The summed E-state index contributed by atoms with van der Waals surface area (Å²) in [5, 5.41) is 9.83. The Balaban J connectivity index is 0.00000300. The van der Waals surface area contributed by atoms with E-state index in [1.54, 1.807) is 12.3 Å².